The van der Waals surface area contributed by atoms with E-state index in [2.05, 4.69) is 9.72 Å². The smallest absolute Gasteiger partial charge is 0.325 e. The summed E-state index contributed by atoms with van der Waals surface area (Å²) in [6.45, 7) is 2.41. The van der Waals surface area contributed by atoms with Crippen molar-refractivity contribution >= 4 is 23.4 Å². The second kappa shape index (κ2) is 6.39. The Labute approximate surface area is 104 Å². The maximum Gasteiger partial charge on any atom is 0.325 e. The van der Waals surface area contributed by atoms with Crippen LogP contribution in [0.5, 0.6) is 0 Å². The lowest BCUT2D eigenvalue weighted by molar-refractivity contribution is -0.138. The monoisotopic (exact) mass is 260 g/mol. The molecule has 0 saturated carbocycles. The Morgan fingerprint density at radius 2 is 2.35 bits per heavy atom. The second-order valence-electron chi connectivity index (χ2n) is 3.46. The van der Waals surface area contributed by atoms with Gasteiger partial charge in [-0.2, -0.15) is 0 Å². The fourth-order valence-corrected chi connectivity index (χ4v) is 1.53. The van der Waals surface area contributed by atoms with E-state index in [4.69, 9.17) is 11.6 Å². The number of esters is 1. The van der Waals surface area contributed by atoms with E-state index >= 15 is 0 Å². The Bertz CT molecular complexity index is 401. The van der Waals surface area contributed by atoms with Crippen LogP contribution in [-0.2, 0) is 9.53 Å². The number of carbonyl (C=O) groups excluding carboxylic acids is 1. The number of rotatable bonds is 5. The summed E-state index contributed by atoms with van der Waals surface area (Å²) in [6, 6.07) is 1.17. The first-order valence-electron chi connectivity index (χ1n) is 5.21. The minimum absolute atomic E-state index is 0.0319. The van der Waals surface area contributed by atoms with Crippen LogP contribution in [0.4, 0.5) is 10.2 Å². The summed E-state index contributed by atoms with van der Waals surface area (Å²) in [5, 5.41) is 0.223. The molecule has 4 nitrogen and oxygen atoms in total. The Balaban J connectivity index is 2.92. The van der Waals surface area contributed by atoms with Crippen LogP contribution in [-0.4, -0.2) is 31.2 Å². The summed E-state index contributed by atoms with van der Waals surface area (Å²) in [5.74, 6) is -0.869. The van der Waals surface area contributed by atoms with E-state index in [9.17, 15) is 9.18 Å². The van der Waals surface area contributed by atoms with Crippen molar-refractivity contribution in [3.8, 4) is 0 Å². The molecular formula is C11H14ClFN2O2. The lowest BCUT2D eigenvalue weighted by Crippen LogP contribution is -2.32. The standard InChI is InChI=1S/C11H14ClFN2O2/c1-3-4-15(7-10(16)17-2)11-9(13)5-8(12)6-14-11/h5-6H,3-4,7H2,1-2H3. The lowest BCUT2D eigenvalue weighted by Gasteiger charge is -2.22. The minimum Gasteiger partial charge on any atom is -0.468 e. The van der Waals surface area contributed by atoms with Gasteiger partial charge in [-0.05, 0) is 12.5 Å². The third kappa shape index (κ3) is 3.85. The first-order chi connectivity index (χ1) is 8.08. The highest BCUT2D eigenvalue weighted by Crippen LogP contribution is 2.19. The number of hydrogen-bond acceptors (Lipinski definition) is 4. The fourth-order valence-electron chi connectivity index (χ4n) is 1.39. The molecule has 1 aromatic heterocycles. The van der Waals surface area contributed by atoms with Gasteiger partial charge in [-0.25, -0.2) is 9.37 Å². The predicted molar refractivity (Wildman–Crippen MR) is 63.7 cm³/mol. The summed E-state index contributed by atoms with van der Waals surface area (Å²) in [7, 11) is 1.29. The van der Waals surface area contributed by atoms with Crippen LogP contribution in [0.25, 0.3) is 0 Å². The van der Waals surface area contributed by atoms with Crippen molar-refractivity contribution in [1.82, 2.24) is 4.98 Å². The maximum atomic E-state index is 13.6. The molecule has 0 fully saturated rings. The topological polar surface area (TPSA) is 42.4 Å². The molecular weight excluding hydrogens is 247 g/mol. The maximum absolute atomic E-state index is 13.6. The first kappa shape index (κ1) is 13.7. The van der Waals surface area contributed by atoms with Crippen molar-refractivity contribution in [1.29, 1.82) is 0 Å². The molecule has 0 atom stereocenters. The molecule has 0 saturated heterocycles. The summed E-state index contributed by atoms with van der Waals surface area (Å²) in [4.78, 5) is 16.6. The Morgan fingerprint density at radius 3 is 2.88 bits per heavy atom. The highest BCUT2D eigenvalue weighted by atomic mass is 35.5. The average molecular weight is 261 g/mol. The number of methoxy groups -OCH3 is 1. The average Bonchev–Trinajstić information content (AvgIpc) is 2.28. The fraction of sp³-hybridized carbons (Fsp3) is 0.455. The van der Waals surface area contributed by atoms with E-state index < -0.39 is 11.8 Å². The third-order valence-corrected chi connectivity index (χ3v) is 2.34. The van der Waals surface area contributed by atoms with Gasteiger partial charge in [0.05, 0.1) is 12.1 Å². The van der Waals surface area contributed by atoms with Crippen LogP contribution >= 0.6 is 11.6 Å². The first-order valence-corrected chi connectivity index (χ1v) is 5.59. The zero-order chi connectivity index (χ0) is 12.8. The van der Waals surface area contributed by atoms with Gasteiger partial charge in [-0.3, -0.25) is 4.79 Å². The van der Waals surface area contributed by atoms with E-state index in [1.807, 2.05) is 6.92 Å². The molecule has 0 aliphatic carbocycles. The summed E-state index contributed by atoms with van der Waals surface area (Å²) >= 11 is 5.62. The SMILES string of the molecule is CCCN(CC(=O)OC)c1ncc(Cl)cc1F. The highest BCUT2D eigenvalue weighted by Gasteiger charge is 2.16. The zero-order valence-electron chi connectivity index (χ0n) is 9.74. The normalized spacial score (nSPS) is 10.1. The molecule has 0 amide bonds. The zero-order valence-corrected chi connectivity index (χ0v) is 10.5. The van der Waals surface area contributed by atoms with Crippen LogP contribution in [0, 0.1) is 5.82 Å². The number of halogens is 2. The molecule has 0 spiro atoms. The molecule has 0 bridgehead atoms. The second-order valence-corrected chi connectivity index (χ2v) is 3.89. The van der Waals surface area contributed by atoms with Gasteiger partial charge in [0.1, 0.15) is 6.54 Å². The van der Waals surface area contributed by atoms with Gasteiger partial charge >= 0.3 is 5.97 Å². The van der Waals surface area contributed by atoms with Crippen molar-refractivity contribution in [3.05, 3.63) is 23.1 Å². The number of aromatic nitrogens is 1. The van der Waals surface area contributed by atoms with Gasteiger partial charge in [0.15, 0.2) is 11.6 Å². The number of hydrogen-bond donors (Lipinski definition) is 0. The van der Waals surface area contributed by atoms with Gasteiger partial charge in [0.2, 0.25) is 0 Å². The number of nitrogens with zero attached hydrogens (tertiary/aromatic N) is 2. The van der Waals surface area contributed by atoms with Crippen molar-refractivity contribution in [2.24, 2.45) is 0 Å². The van der Waals surface area contributed by atoms with Gasteiger partial charge in [0.25, 0.3) is 0 Å². The molecule has 0 N–H and O–H groups in total. The number of carbonyl (C=O) groups is 1. The molecule has 1 rings (SSSR count). The van der Waals surface area contributed by atoms with Crippen LogP contribution in [0.2, 0.25) is 5.02 Å². The molecule has 0 radical (unpaired) electrons. The van der Waals surface area contributed by atoms with Crippen molar-refractivity contribution in [2.45, 2.75) is 13.3 Å². The molecule has 17 heavy (non-hydrogen) atoms. The van der Waals surface area contributed by atoms with E-state index in [1.165, 1.54) is 24.3 Å². The van der Waals surface area contributed by atoms with Crippen LogP contribution in [0.3, 0.4) is 0 Å². The van der Waals surface area contributed by atoms with Crippen molar-refractivity contribution in [2.75, 3.05) is 25.1 Å². The van der Waals surface area contributed by atoms with E-state index in [-0.39, 0.29) is 17.4 Å². The largest absolute Gasteiger partial charge is 0.468 e. The molecule has 0 aliphatic rings. The summed E-state index contributed by atoms with van der Waals surface area (Å²) < 4.78 is 18.2. The van der Waals surface area contributed by atoms with Crippen molar-refractivity contribution < 1.29 is 13.9 Å². The van der Waals surface area contributed by atoms with Crippen LogP contribution < -0.4 is 4.90 Å². The van der Waals surface area contributed by atoms with Gasteiger partial charge < -0.3 is 9.64 Å². The number of anilines is 1. The van der Waals surface area contributed by atoms with Gasteiger partial charge in [-0.15, -0.1) is 0 Å². The predicted octanol–water partition coefficient (Wildman–Crippen LogP) is 2.26. The highest BCUT2D eigenvalue weighted by molar-refractivity contribution is 6.30. The van der Waals surface area contributed by atoms with Crippen molar-refractivity contribution in [3.63, 3.8) is 0 Å². The molecule has 94 valence electrons. The van der Waals surface area contributed by atoms with E-state index in [0.29, 0.717) is 6.54 Å². The molecule has 1 heterocycles. The molecule has 0 aliphatic heterocycles. The van der Waals surface area contributed by atoms with Crippen LogP contribution in [0.15, 0.2) is 12.3 Å². The third-order valence-electron chi connectivity index (χ3n) is 2.13. The number of pyridine rings is 1. The van der Waals surface area contributed by atoms with Crippen LogP contribution in [0.1, 0.15) is 13.3 Å². The van der Waals surface area contributed by atoms with E-state index in [0.717, 1.165) is 6.42 Å². The van der Waals surface area contributed by atoms with Gasteiger partial charge in [0, 0.05) is 12.7 Å². The summed E-state index contributed by atoms with van der Waals surface area (Å²) in [5.41, 5.74) is 0. The molecule has 0 unspecified atom stereocenters. The molecule has 0 aromatic carbocycles. The quantitative estimate of drug-likeness (QED) is 0.762. The Kier molecular flexibility index (Phi) is 5.15. The minimum atomic E-state index is -0.546. The lowest BCUT2D eigenvalue weighted by atomic mass is 10.3. The summed E-state index contributed by atoms with van der Waals surface area (Å²) in [6.07, 6.45) is 2.11. The Hall–Kier alpha value is -1.36. The Morgan fingerprint density at radius 1 is 1.65 bits per heavy atom. The van der Waals surface area contributed by atoms with Gasteiger partial charge in [-0.1, -0.05) is 18.5 Å². The molecule has 1 aromatic rings. The molecule has 6 heteroatoms. The van der Waals surface area contributed by atoms with E-state index in [1.54, 1.807) is 0 Å². The number of ether oxygens (including phenoxy) is 1.